The second-order valence-electron chi connectivity index (χ2n) is 7.36. The quantitative estimate of drug-likeness (QED) is 0.722. The molecule has 1 atom stereocenters. The summed E-state index contributed by atoms with van der Waals surface area (Å²) >= 11 is 0. The summed E-state index contributed by atoms with van der Waals surface area (Å²) in [4.78, 5) is 16.0. The number of anilines is 1. The minimum absolute atomic E-state index is 0.0262. The lowest BCUT2D eigenvalue weighted by Gasteiger charge is -2.46. The van der Waals surface area contributed by atoms with Crippen molar-refractivity contribution in [3.05, 3.63) is 48.0 Å². The van der Waals surface area contributed by atoms with Crippen LogP contribution in [0.1, 0.15) is 18.4 Å². The normalized spacial score (nSPS) is 20.9. The standard InChI is InChI=1S/C20H25N3O4S/c1-22(2)20(24)12-14-5-7-15(8-6-14)27-16-9-10-17-18(13-16)28(25,26)21-19-4-3-11-23(17)19/h5-10,13,19,21,25-26H,3-4,11-12H2,1-2H3. The van der Waals surface area contributed by atoms with Crippen molar-refractivity contribution in [3.63, 3.8) is 0 Å². The summed E-state index contributed by atoms with van der Waals surface area (Å²) in [5.74, 6) is 1.21. The van der Waals surface area contributed by atoms with E-state index in [1.54, 1.807) is 25.1 Å². The third-order valence-corrected chi connectivity index (χ3v) is 6.65. The number of amides is 1. The molecule has 2 aromatic rings. The highest BCUT2D eigenvalue weighted by atomic mass is 32.3. The zero-order chi connectivity index (χ0) is 19.9. The Kier molecular flexibility index (Phi) is 4.96. The zero-order valence-corrected chi connectivity index (χ0v) is 16.8. The lowest BCUT2D eigenvalue weighted by molar-refractivity contribution is -0.127. The van der Waals surface area contributed by atoms with Gasteiger partial charge in [-0.1, -0.05) is 12.1 Å². The highest BCUT2D eigenvalue weighted by molar-refractivity contribution is 8.22. The Hall–Kier alpha value is -2.26. The summed E-state index contributed by atoms with van der Waals surface area (Å²) in [6, 6.07) is 12.8. The van der Waals surface area contributed by atoms with E-state index in [9.17, 15) is 13.9 Å². The number of fused-ring (bicyclic) bond motifs is 3. The summed E-state index contributed by atoms with van der Waals surface area (Å²) in [5, 5.41) is 0. The Balaban J connectivity index is 1.52. The molecule has 1 unspecified atom stereocenters. The average Bonchev–Trinajstić information content (AvgIpc) is 3.11. The topological polar surface area (TPSA) is 85.3 Å². The molecule has 150 valence electrons. The molecule has 2 heterocycles. The van der Waals surface area contributed by atoms with Crippen molar-refractivity contribution in [1.82, 2.24) is 9.62 Å². The fourth-order valence-electron chi connectivity index (χ4n) is 3.60. The number of nitrogens with zero attached hydrogens (tertiary/aromatic N) is 2. The van der Waals surface area contributed by atoms with Gasteiger partial charge in [0.25, 0.3) is 0 Å². The van der Waals surface area contributed by atoms with Crippen LogP contribution < -0.4 is 14.4 Å². The largest absolute Gasteiger partial charge is 0.457 e. The molecule has 1 saturated heterocycles. The maximum absolute atomic E-state index is 11.8. The fraction of sp³-hybridized carbons (Fsp3) is 0.350. The average molecular weight is 404 g/mol. The second-order valence-corrected chi connectivity index (χ2v) is 9.13. The molecule has 0 aliphatic carbocycles. The van der Waals surface area contributed by atoms with E-state index in [0.717, 1.165) is 30.6 Å². The summed E-state index contributed by atoms with van der Waals surface area (Å²) in [6.45, 7) is 0.896. The Labute approximate surface area is 166 Å². The van der Waals surface area contributed by atoms with Gasteiger partial charge in [0.15, 0.2) is 0 Å². The van der Waals surface area contributed by atoms with Crippen LogP contribution in [0.5, 0.6) is 11.5 Å². The molecular weight excluding hydrogens is 378 g/mol. The molecule has 2 aliphatic rings. The van der Waals surface area contributed by atoms with Crippen molar-refractivity contribution in [2.75, 3.05) is 25.5 Å². The Morgan fingerprint density at radius 1 is 1.21 bits per heavy atom. The summed E-state index contributed by atoms with van der Waals surface area (Å²) < 4.78 is 29.9. The third-order valence-electron chi connectivity index (χ3n) is 5.11. The summed E-state index contributed by atoms with van der Waals surface area (Å²) in [6.07, 6.45) is 2.24. The molecule has 1 amide bonds. The van der Waals surface area contributed by atoms with E-state index in [-0.39, 0.29) is 12.1 Å². The number of likely N-dealkylation sites (N-methyl/N-ethyl adjacent to an activating group) is 1. The van der Waals surface area contributed by atoms with Crippen LogP contribution in [0.3, 0.4) is 0 Å². The van der Waals surface area contributed by atoms with Crippen LogP contribution in [0.15, 0.2) is 47.4 Å². The highest BCUT2D eigenvalue weighted by Crippen LogP contribution is 2.55. The van der Waals surface area contributed by atoms with Crippen molar-refractivity contribution >= 4 is 22.4 Å². The van der Waals surface area contributed by atoms with Gasteiger partial charge in [-0.05, 0) is 42.7 Å². The lowest BCUT2D eigenvalue weighted by Crippen LogP contribution is -2.46. The molecule has 0 radical (unpaired) electrons. The van der Waals surface area contributed by atoms with Crippen LogP contribution >= 0.6 is 10.8 Å². The van der Waals surface area contributed by atoms with Gasteiger partial charge in [0.2, 0.25) is 5.91 Å². The number of hydrogen-bond acceptors (Lipinski definition) is 6. The van der Waals surface area contributed by atoms with Gasteiger partial charge in [0.05, 0.1) is 18.3 Å². The summed E-state index contributed by atoms with van der Waals surface area (Å²) in [7, 11) is 0.418. The molecule has 2 aliphatic heterocycles. The molecule has 0 saturated carbocycles. The molecule has 28 heavy (non-hydrogen) atoms. The van der Waals surface area contributed by atoms with E-state index in [2.05, 4.69) is 9.62 Å². The predicted octanol–water partition coefficient (Wildman–Crippen LogP) is 3.66. The first-order chi connectivity index (χ1) is 13.3. The fourth-order valence-corrected chi connectivity index (χ4v) is 5.11. The van der Waals surface area contributed by atoms with Crippen molar-refractivity contribution in [3.8, 4) is 11.5 Å². The number of carbonyl (C=O) groups is 1. The van der Waals surface area contributed by atoms with Crippen molar-refractivity contribution in [2.24, 2.45) is 0 Å². The van der Waals surface area contributed by atoms with Crippen LogP contribution in [0, 0.1) is 0 Å². The monoisotopic (exact) mass is 403 g/mol. The second kappa shape index (κ2) is 7.29. The maximum atomic E-state index is 11.8. The van der Waals surface area contributed by atoms with E-state index >= 15 is 0 Å². The van der Waals surface area contributed by atoms with E-state index in [1.165, 1.54) is 0 Å². The van der Waals surface area contributed by atoms with Gasteiger partial charge in [0, 0.05) is 26.7 Å². The summed E-state index contributed by atoms with van der Waals surface area (Å²) in [5.41, 5.74) is 1.76. The Morgan fingerprint density at radius 2 is 1.93 bits per heavy atom. The van der Waals surface area contributed by atoms with Crippen LogP contribution in [0.25, 0.3) is 0 Å². The number of ether oxygens (including phenoxy) is 1. The van der Waals surface area contributed by atoms with Gasteiger partial charge in [-0.15, -0.1) is 10.8 Å². The molecular formula is C20H25N3O4S. The minimum atomic E-state index is -3.05. The zero-order valence-electron chi connectivity index (χ0n) is 16.0. The molecule has 7 nitrogen and oxygen atoms in total. The number of carbonyl (C=O) groups excluding carboxylic acids is 1. The van der Waals surface area contributed by atoms with Gasteiger partial charge in [-0.3, -0.25) is 13.9 Å². The van der Waals surface area contributed by atoms with Crippen molar-refractivity contribution in [2.45, 2.75) is 30.3 Å². The first-order valence-corrected chi connectivity index (χ1v) is 10.8. The van der Waals surface area contributed by atoms with Crippen LogP contribution in [-0.4, -0.2) is 46.7 Å². The number of hydrogen-bond donors (Lipinski definition) is 3. The van der Waals surface area contributed by atoms with Gasteiger partial charge in [-0.2, -0.15) is 4.72 Å². The van der Waals surface area contributed by atoms with Gasteiger partial charge < -0.3 is 14.5 Å². The van der Waals surface area contributed by atoms with Crippen molar-refractivity contribution in [1.29, 1.82) is 0 Å². The molecule has 4 rings (SSSR count). The van der Waals surface area contributed by atoms with Gasteiger partial charge >= 0.3 is 0 Å². The van der Waals surface area contributed by atoms with Gasteiger partial charge in [-0.25, -0.2) is 0 Å². The van der Waals surface area contributed by atoms with E-state index in [0.29, 0.717) is 22.8 Å². The Bertz CT molecular complexity index is 886. The highest BCUT2D eigenvalue weighted by Gasteiger charge is 2.38. The number of benzene rings is 2. The molecule has 0 spiro atoms. The van der Waals surface area contributed by atoms with E-state index in [4.69, 9.17) is 4.74 Å². The van der Waals surface area contributed by atoms with Crippen LogP contribution in [0.2, 0.25) is 0 Å². The van der Waals surface area contributed by atoms with Gasteiger partial charge in [0.1, 0.15) is 16.4 Å². The SMILES string of the molecule is CN(C)C(=O)Cc1ccc(Oc2ccc3c(c2)S(O)(O)NC2CCCN32)cc1. The molecule has 1 fully saturated rings. The molecule has 8 heteroatoms. The lowest BCUT2D eigenvalue weighted by atomic mass is 10.1. The number of nitrogens with one attached hydrogen (secondary N) is 1. The van der Waals surface area contributed by atoms with Crippen molar-refractivity contribution < 1.29 is 18.6 Å². The maximum Gasteiger partial charge on any atom is 0.226 e. The Morgan fingerprint density at radius 3 is 2.64 bits per heavy atom. The minimum Gasteiger partial charge on any atom is -0.457 e. The first-order valence-electron chi connectivity index (χ1n) is 9.27. The first kappa shape index (κ1) is 19.1. The predicted molar refractivity (Wildman–Crippen MR) is 110 cm³/mol. The smallest absolute Gasteiger partial charge is 0.226 e. The van der Waals surface area contributed by atoms with E-state index < -0.39 is 10.8 Å². The van der Waals surface area contributed by atoms with Crippen LogP contribution in [0.4, 0.5) is 5.69 Å². The van der Waals surface area contributed by atoms with E-state index in [1.807, 2.05) is 36.4 Å². The molecule has 3 N–H and O–H groups in total. The number of rotatable bonds is 4. The molecule has 0 aromatic heterocycles. The molecule has 0 bridgehead atoms. The van der Waals surface area contributed by atoms with Crippen LogP contribution in [-0.2, 0) is 11.2 Å². The molecule has 2 aromatic carbocycles. The third kappa shape index (κ3) is 3.68.